The minimum Gasteiger partial charge on any atom is -0.395 e. The van der Waals surface area contributed by atoms with Crippen molar-refractivity contribution in [2.45, 2.75) is 46.1 Å². The van der Waals surface area contributed by atoms with Gasteiger partial charge in [-0.15, -0.1) is 0 Å². The zero-order chi connectivity index (χ0) is 15.4. The first-order valence-corrected chi connectivity index (χ1v) is 7.87. The number of aryl methyl sites for hydroxylation is 1. The number of nitrogens with two attached hydrogens (primary N) is 1. The molecule has 0 radical (unpaired) electrons. The number of nitrogens with zero attached hydrogens (tertiary/aromatic N) is 2. The third-order valence-electron chi connectivity index (χ3n) is 4.20. The monoisotopic (exact) mass is 293 g/mol. The fourth-order valence-electron chi connectivity index (χ4n) is 2.82. The van der Waals surface area contributed by atoms with E-state index in [4.69, 9.17) is 5.73 Å². The molecule has 4 N–H and O–H groups in total. The molecule has 1 aliphatic rings. The Labute approximate surface area is 126 Å². The van der Waals surface area contributed by atoms with E-state index >= 15 is 0 Å². The average molecular weight is 293 g/mol. The first-order chi connectivity index (χ1) is 10.0. The van der Waals surface area contributed by atoms with Gasteiger partial charge < -0.3 is 16.0 Å². The molecule has 0 spiro atoms. The van der Waals surface area contributed by atoms with E-state index in [2.05, 4.69) is 41.2 Å². The molecule has 6 nitrogen and oxygen atoms in total. The normalized spacial score (nSPS) is 19.3. The van der Waals surface area contributed by atoms with Gasteiger partial charge in [-0.2, -0.15) is 5.10 Å². The Hall–Kier alpha value is -1.56. The quantitative estimate of drug-likeness (QED) is 0.740. The van der Waals surface area contributed by atoms with Gasteiger partial charge in [0.1, 0.15) is 0 Å². The average Bonchev–Trinajstić information content (AvgIpc) is 3.05. The maximum atomic E-state index is 12.2. The summed E-state index contributed by atoms with van der Waals surface area (Å²) in [6.07, 6.45) is 2.92. The Kier molecular flexibility index (Phi) is 5.22. The smallest absolute Gasteiger partial charge is 0.273 e. The highest BCUT2D eigenvalue weighted by atomic mass is 16.1. The number of H-pyrrole nitrogens is 1. The SMILES string of the molecule is CCCc1[nH]nc(C(=O)NCC2CCN(C(C)C)C2)c1N. The first-order valence-electron chi connectivity index (χ1n) is 7.87. The molecule has 1 saturated heterocycles. The first kappa shape index (κ1) is 15.8. The van der Waals surface area contributed by atoms with E-state index in [-0.39, 0.29) is 5.91 Å². The lowest BCUT2D eigenvalue weighted by atomic mass is 10.1. The van der Waals surface area contributed by atoms with Crippen LogP contribution in [-0.2, 0) is 6.42 Å². The zero-order valence-electron chi connectivity index (χ0n) is 13.3. The highest BCUT2D eigenvalue weighted by Gasteiger charge is 2.25. The predicted molar refractivity (Wildman–Crippen MR) is 84.1 cm³/mol. The lowest BCUT2D eigenvalue weighted by molar-refractivity contribution is 0.0943. The summed E-state index contributed by atoms with van der Waals surface area (Å²) in [5, 5.41) is 9.88. The lowest BCUT2D eigenvalue weighted by Crippen LogP contribution is -2.33. The number of amides is 1. The van der Waals surface area contributed by atoms with Crippen LogP contribution in [0.5, 0.6) is 0 Å². The summed E-state index contributed by atoms with van der Waals surface area (Å²) in [5.74, 6) is 0.348. The number of aromatic amines is 1. The van der Waals surface area contributed by atoms with E-state index in [1.165, 1.54) is 0 Å². The molecule has 1 amide bonds. The van der Waals surface area contributed by atoms with Gasteiger partial charge in [0, 0.05) is 19.1 Å². The standard InChI is InChI=1S/C15H27N5O/c1-4-5-12-13(16)14(19-18-12)15(21)17-8-11-6-7-20(9-11)10(2)3/h10-11H,4-9,16H2,1-3H3,(H,17,21)(H,18,19). The summed E-state index contributed by atoms with van der Waals surface area (Å²) in [5.41, 5.74) is 7.65. The number of nitrogen functional groups attached to an aromatic ring is 1. The Morgan fingerprint density at radius 2 is 2.33 bits per heavy atom. The van der Waals surface area contributed by atoms with Crippen molar-refractivity contribution in [2.24, 2.45) is 5.92 Å². The molecule has 1 aromatic rings. The van der Waals surface area contributed by atoms with Crippen LogP contribution >= 0.6 is 0 Å². The minimum atomic E-state index is -0.172. The molecule has 21 heavy (non-hydrogen) atoms. The molecular formula is C15H27N5O. The molecule has 0 saturated carbocycles. The highest BCUT2D eigenvalue weighted by molar-refractivity contribution is 5.97. The van der Waals surface area contributed by atoms with Gasteiger partial charge in [0.15, 0.2) is 5.69 Å². The molecule has 1 aromatic heterocycles. The predicted octanol–water partition coefficient (Wildman–Crippen LogP) is 1.40. The van der Waals surface area contributed by atoms with Crippen molar-refractivity contribution in [1.82, 2.24) is 20.4 Å². The Morgan fingerprint density at radius 1 is 1.57 bits per heavy atom. The second-order valence-corrected chi connectivity index (χ2v) is 6.17. The number of anilines is 1. The third-order valence-corrected chi connectivity index (χ3v) is 4.20. The molecule has 2 heterocycles. The number of hydrogen-bond donors (Lipinski definition) is 3. The largest absolute Gasteiger partial charge is 0.395 e. The van der Waals surface area contributed by atoms with Gasteiger partial charge in [-0.3, -0.25) is 9.89 Å². The molecule has 1 unspecified atom stereocenters. The van der Waals surface area contributed by atoms with Crippen LogP contribution in [0.1, 0.15) is 49.8 Å². The molecule has 0 aliphatic carbocycles. The molecule has 0 bridgehead atoms. The van der Waals surface area contributed by atoms with Crippen molar-refractivity contribution in [2.75, 3.05) is 25.4 Å². The number of aromatic nitrogens is 2. The van der Waals surface area contributed by atoms with Crippen molar-refractivity contribution in [3.8, 4) is 0 Å². The number of carbonyl (C=O) groups is 1. The van der Waals surface area contributed by atoms with Gasteiger partial charge >= 0.3 is 0 Å². The Morgan fingerprint density at radius 3 is 2.95 bits per heavy atom. The van der Waals surface area contributed by atoms with E-state index in [0.717, 1.165) is 38.0 Å². The summed E-state index contributed by atoms with van der Waals surface area (Å²) in [7, 11) is 0. The van der Waals surface area contributed by atoms with Gasteiger partial charge in [-0.05, 0) is 39.2 Å². The number of carbonyl (C=O) groups excluding carboxylic acids is 1. The van der Waals surface area contributed by atoms with Crippen molar-refractivity contribution < 1.29 is 4.79 Å². The Bertz CT molecular complexity index is 482. The topological polar surface area (TPSA) is 87.0 Å². The number of hydrogen-bond acceptors (Lipinski definition) is 4. The molecule has 2 rings (SSSR count). The van der Waals surface area contributed by atoms with Crippen LogP contribution < -0.4 is 11.1 Å². The second-order valence-electron chi connectivity index (χ2n) is 6.17. The van der Waals surface area contributed by atoms with E-state index in [0.29, 0.717) is 29.9 Å². The molecule has 6 heteroatoms. The summed E-state index contributed by atoms with van der Waals surface area (Å²) < 4.78 is 0. The lowest BCUT2D eigenvalue weighted by Gasteiger charge is -2.20. The van der Waals surface area contributed by atoms with Crippen LogP contribution in [0.4, 0.5) is 5.69 Å². The maximum absolute atomic E-state index is 12.2. The zero-order valence-corrected chi connectivity index (χ0v) is 13.3. The molecular weight excluding hydrogens is 266 g/mol. The highest BCUT2D eigenvalue weighted by Crippen LogP contribution is 2.19. The van der Waals surface area contributed by atoms with E-state index < -0.39 is 0 Å². The van der Waals surface area contributed by atoms with Crippen LogP contribution in [0, 0.1) is 5.92 Å². The van der Waals surface area contributed by atoms with Crippen LogP contribution in [0.3, 0.4) is 0 Å². The summed E-state index contributed by atoms with van der Waals surface area (Å²) >= 11 is 0. The van der Waals surface area contributed by atoms with Gasteiger partial charge in [-0.1, -0.05) is 13.3 Å². The minimum absolute atomic E-state index is 0.172. The van der Waals surface area contributed by atoms with E-state index in [9.17, 15) is 4.79 Å². The van der Waals surface area contributed by atoms with Crippen molar-refractivity contribution in [3.05, 3.63) is 11.4 Å². The van der Waals surface area contributed by atoms with Gasteiger partial charge in [0.2, 0.25) is 0 Å². The number of rotatable bonds is 6. The molecule has 1 fully saturated rings. The van der Waals surface area contributed by atoms with Gasteiger partial charge in [0.25, 0.3) is 5.91 Å². The molecule has 0 aromatic carbocycles. The number of nitrogens with one attached hydrogen (secondary N) is 2. The van der Waals surface area contributed by atoms with Gasteiger partial charge in [-0.25, -0.2) is 0 Å². The van der Waals surface area contributed by atoms with Crippen LogP contribution in [0.15, 0.2) is 0 Å². The second kappa shape index (κ2) is 6.93. The molecule has 1 atom stereocenters. The van der Waals surface area contributed by atoms with Crippen molar-refractivity contribution >= 4 is 11.6 Å². The molecule has 1 aliphatic heterocycles. The fourth-order valence-corrected chi connectivity index (χ4v) is 2.82. The summed E-state index contributed by atoms with van der Waals surface area (Å²) in [6.45, 7) is 9.35. The van der Waals surface area contributed by atoms with Gasteiger partial charge in [0.05, 0.1) is 11.4 Å². The van der Waals surface area contributed by atoms with Crippen LogP contribution in [0.2, 0.25) is 0 Å². The van der Waals surface area contributed by atoms with E-state index in [1.807, 2.05) is 0 Å². The van der Waals surface area contributed by atoms with Crippen LogP contribution in [-0.4, -0.2) is 46.7 Å². The fraction of sp³-hybridized carbons (Fsp3) is 0.733. The van der Waals surface area contributed by atoms with Crippen molar-refractivity contribution in [3.63, 3.8) is 0 Å². The summed E-state index contributed by atoms with van der Waals surface area (Å²) in [4.78, 5) is 14.6. The number of likely N-dealkylation sites (tertiary alicyclic amines) is 1. The summed E-state index contributed by atoms with van der Waals surface area (Å²) in [6, 6.07) is 0.573. The van der Waals surface area contributed by atoms with Crippen molar-refractivity contribution in [1.29, 1.82) is 0 Å². The third kappa shape index (κ3) is 3.75. The molecule has 118 valence electrons. The maximum Gasteiger partial charge on any atom is 0.273 e. The van der Waals surface area contributed by atoms with Crippen LogP contribution in [0.25, 0.3) is 0 Å². The van der Waals surface area contributed by atoms with E-state index in [1.54, 1.807) is 0 Å². The Balaban J connectivity index is 1.85.